The molecule has 29 heavy (non-hydrogen) atoms. The zero-order chi connectivity index (χ0) is 21.2. The molecule has 2 heterocycles. The quantitative estimate of drug-likeness (QED) is 0.693. The monoisotopic (exact) mass is 457 g/mol. The number of aromatic nitrogens is 1. The van der Waals surface area contributed by atoms with Crippen molar-refractivity contribution in [2.75, 3.05) is 32.5 Å². The second kappa shape index (κ2) is 9.07. The van der Waals surface area contributed by atoms with Gasteiger partial charge in [0, 0.05) is 35.4 Å². The molecule has 2 aromatic rings. The van der Waals surface area contributed by atoms with E-state index < -0.39 is 28.2 Å². The van der Waals surface area contributed by atoms with Gasteiger partial charge in [-0.05, 0) is 45.1 Å². The van der Waals surface area contributed by atoms with Crippen molar-refractivity contribution in [3.8, 4) is 0 Å². The Morgan fingerprint density at radius 3 is 2.83 bits per heavy atom. The van der Waals surface area contributed by atoms with Crippen LogP contribution in [0.2, 0.25) is 5.02 Å². The molecule has 1 amide bonds. The van der Waals surface area contributed by atoms with Crippen molar-refractivity contribution < 1.29 is 13.2 Å². The van der Waals surface area contributed by atoms with Gasteiger partial charge in [0.05, 0.1) is 6.04 Å². The maximum atomic E-state index is 13.1. The van der Waals surface area contributed by atoms with Gasteiger partial charge >= 0.3 is 0 Å². The first kappa shape index (κ1) is 22.1. The summed E-state index contributed by atoms with van der Waals surface area (Å²) in [6, 6.07) is 3.80. The molecule has 8 nitrogen and oxygen atoms in total. The van der Waals surface area contributed by atoms with Gasteiger partial charge in [0.2, 0.25) is 5.91 Å². The van der Waals surface area contributed by atoms with E-state index in [1.54, 1.807) is 29.8 Å². The minimum Gasteiger partial charge on any atom is -0.325 e. The van der Waals surface area contributed by atoms with Gasteiger partial charge in [0.15, 0.2) is 0 Å². The molecule has 0 aliphatic carbocycles. The van der Waals surface area contributed by atoms with Crippen LogP contribution < -0.4 is 10.0 Å². The van der Waals surface area contributed by atoms with Crippen molar-refractivity contribution in [3.05, 3.63) is 45.4 Å². The third-order valence-corrected chi connectivity index (χ3v) is 7.60. The first-order valence-electron chi connectivity index (χ1n) is 9.07. The number of thiazole rings is 1. The second-order valence-electron chi connectivity index (χ2n) is 7.16. The summed E-state index contributed by atoms with van der Waals surface area (Å²) < 4.78 is 29.8. The van der Waals surface area contributed by atoms with E-state index in [0.29, 0.717) is 22.3 Å². The zero-order valence-electron chi connectivity index (χ0n) is 16.4. The number of carbonyl (C=O) groups is 1. The van der Waals surface area contributed by atoms with Gasteiger partial charge in [0.25, 0.3) is 10.2 Å². The average molecular weight is 458 g/mol. The lowest BCUT2D eigenvalue weighted by Crippen LogP contribution is -2.58. The molecule has 158 valence electrons. The SMILES string of the molecule is Cc1ccc(NC(=O)C2CC(c3nccs3)NS(=O)(=O)N2CCN(C)C)cc1Cl. The molecule has 1 aromatic heterocycles. The number of nitrogens with one attached hydrogen (secondary N) is 2. The van der Waals surface area contributed by atoms with Crippen LogP contribution in [0, 0.1) is 6.92 Å². The number of hydrogen-bond donors (Lipinski definition) is 2. The van der Waals surface area contributed by atoms with Crippen LogP contribution in [0.5, 0.6) is 0 Å². The van der Waals surface area contributed by atoms with Crippen molar-refractivity contribution >= 4 is 44.7 Å². The Morgan fingerprint density at radius 2 is 2.21 bits per heavy atom. The fraction of sp³-hybridized carbons (Fsp3) is 0.444. The lowest BCUT2D eigenvalue weighted by molar-refractivity contribution is -0.120. The van der Waals surface area contributed by atoms with Crippen LogP contribution in [0.15, 0.2) is 29.8 Å². The van der Waals surface area contributed by atoms with Crippen LogP contribution in [-0.2, 0) is 15.0 Å². The molecule has 1 aliphatic rings. The molecule has 2 N–H and O–H groups in total. The molecule has 0 spiro atoms. The van der Waals surface area contributed by atoms with Gasteiger partial charge in [0.1, 0.15) is 11.0 Å². The Labute approximate surface area is 180 Å². The lowest BCUT2D eigenvalue weighted by Gasteiger charge is -2.38. The van der Waals surface area contributed by atoms with E-state index in [4.69, 9.17) is 11.6 Å². The molecule has 11 heteroatoms. The number of halogens is 1. The van der Waals surface area contributed by atoms with Gasteiger partial charge < -0.3 is 10.2 Å². The summed E-state index contributed by atoms with van der Waals surface area (Å²) in [4.78, 5) is 19.2. The number of carbonyl (C=O) groups excluding carboxylic acids is 1. The minimum absolute atomic E-state index is 0.194. The molecule has 2 atom stereocenters. The van der Waals surface area contributed by atoms with Crippen LogP contribution in [0.4, 0.5) is 5.69 Å². The number of benzene rings is 1. The molecule has 1 aliphatic heterocycles. The summed E-state index contributed by atoms with van der Waals surface area (Å²) in [7, 11) is -0.153. The highest BCUT2D eigenvalue weighted by molar-refractivity contribution is 7.87. The number of aryl methyl sites for hydroxylation is 1. The molecule has 0 bridgehead atoms. The topological polar surface area (TPSA) is 94.6 Å². The Kier molecular flexibility index (Phi) is 6.92. The van der Waals surface area contributed by atoms with Gasteiger partial charge in [-0.2, -0.15) is 17.4 Å². The summed E-state index contributed by atoms with van der Waals surface area (Å²) in [5, 5.41) is 5.77. The summed E-state index contributed by atoms with van der Waals surface area (Å²) in [5.74, 6) is -0.393. The van der Waals surface area contributed by atoms with E-state index in [2.05, 4.69) is 15.0 Å². The van der Waals surface area contributed by atoms with E-state index >= 15 is 0 Å². The molecule has 2 unspecified atom stereocenters. The Morgan fingerprint density at radius 1 is 1.45 bits per heavy atom. The van der Waals surface area contributed by atoms with Crippen LogP contribution in [0.25, 0.3) is 0 Å². The summed E-state index contributed by atoms with van der Waals surface area (Å²) in [6.45, 7) is 2.55. The Bertz CT molecular complexity index is 966. The van der Waals surface area contributed by atoms with E-state index in [1.165, 1.54) is 15.6 Å². The van der Waals surface area contributed by atoms with E-state index in [1.807, 2.05) is 25.9 Å². The Balaban J connectivity index is 1.87. The molecule has 1 aromatic carbocycles. The van der Waals surface area contributed by atoms with Gasteiger partial charge in [-0.25, -0.2) is 4.98 Å². The van der Waals surface area contributed by atoms with Crippen LogP contribution in [0.1, 0.15) is 23.0 Å². The van der Waals surface area contributed by atoms with E-state index in [-0.39, 0.29) is 13.0 Å². The Hall–Kier alpha value is -1.56. The van der Waals surface area contributed by atoms with Crippen molar-refractivity contribution in [1.82, 2.24) is 18.9 Å². The van der Waals surface area contributed by atoms with Crippen molar-refractivity contribution in [3.63, 3.8) is 0 Å². The molecule has 3 rings (SSSR count). The fourth-order valence-corrected chi connectivity index (χ4v) is 5.57. The number of likely N-dealkylation sites (N-methyl/N-ethyl adjacent to an activating group) is 1. The predicted molar refractivity (Wildman–Crippen MR) is 115 cm³/mol. The normalized spacial score (nSPS) is 22.0. The molecule has 0 radical (unpaired) electrons. The van der Waals surface area contributed by atoms with Gasteiger partial charge in [-0.1, -0.05) is 17.7 Å². The third-order valence-electron chi connectivity index (χ3n) is 4.67. The van der Waals surface area contributed by atoms with Crippen molar-refractivity contribution in [2.24, 2.45) is 0 Å². The average Bonchev–Trinajstić information content (AvgIpc) is 3.17. The lowest BCUT2D eigenvalue weighted by atomic mass is 10.1. The highest BCUT2D eigenvalue weighted by Crippen LogP contribution is 2.30. The van der Waals surface area contributed by atoms with E-state index in [9.17, 15) is 13.2 Å². The smallest absolute Gasteiger partial charge is 0.280 e. The highest BCUT2D eigenvalue weighted by Gasteiger charge is 2.43. The first-order chi connectivity index (χ1) is 13.7. The molecular formula is C18H24ClN5O3S2. The first-order valence-corrected chi connectivity index (χ1v) is 11.8. The van der Waals surface area contributed by atoms with E-state index in [0.717, 1.165) is 5.56 Å². The summed E-state index contributed by atoms with van der Waals surface area (Å²) in [6.07, 6.45) is 1.90. The van der Waals surface area contributed by atoms with Gasteiger partial charge in [-0.15, -0.1) is 11.3 Å². The van der Waals surface area contributed by atoms with Crippen LogP contribution >= 0.6 is 22.9 Å². The number of rotatable bonds is 6. The number of anilines is 1. The fourth-order valence-electron chi connectivity index (χ4n) is 3.07. The number of hydrogen-bond acceptors (Lipinski definition) is 6. The van der Waals surface area contributed by atoms with Crippen LogP contribution in [0.3, 0.4) is 0 Å². The molecular weight excluding hydrogens is 434 g/mol. The van der Waals surface area contributed by atoms with Crippen molar-refractivity contribution in [2.45, 2.75) is 25.4 Å². The van der Waals surface area contributed by atoms with Crippen molar-refractivity contribution in [1.29, 1.82) is 0 Å². The second-order valence-corrected chi connectivity index (χ2v) is 10.2. The molecule has 1 fully saturated rings. The van der Waals surface area contributed by atoms with Gasteiger partial charge in [-0.3, -0.25) is 4.79 Å². The maximum Gasteiger partial charge on any atom is 0.280 e. The predicted octanol–water partition coefficient (Wildman–Crippen LogP) is 2.26. The maximum absolute atomic E-state index is 13.1. The minimum atomic E-state index is -3.86. The summed E-state index contributed by atoms with van der Waals surface area (Å²) in [5.41, 5.74) is 1.42. The number of nitrogens with zero attached hydrogens (tertiary/aromatic N) is 3. The summed E-state index contributed by atoms with van der Waals surface area (Å²) >= 11 is 7.51. The standard InChI is InChI=1S/C18H24ClN5O3S2/c1-12-4-5-13(10-14(12)19)21-17(25)16-11-15(18-20-6-9-28-18)22-29(26,27)24(16)8-7-23(2)3/h4-6,9-10,15-16,22H,7-8,11H2,1-3H3,(H,21,25). The third kappa shape index (κ3) is 5.33. The number of amides is 1. The van der Waals surface area contributed by atoms with Crippen LogP contribution in [-0.4, -0.2) is 61.7 Å². The molecule has 0 saturated carbocycles. The largest absolute Gasteiger partial charge is 0.325 e. The highest BCUT2D eigenvalue weighted by atomic mass is 35.5. The molecule has 1 saturated heterocycles. The zero-order valence-corrected chi connectivity index (χ0v) is 18.8.